The fourth-order valence-corrected chi connectivity index (χ4v) is 2.28. The third-order valence-electron chi connectivity index (χ3n) is 2.46. The first kappa shape index (κ1) is 14.0. The first-order chi connectivity index (χ1) is 8.11. The number of hydrogen-bond donors (Lipinski definition) is 2. The molecule has 0 saturated heterocycles. The zero-order valence-electron chi connectivity index (χ0n) is 11.2. The van der Waals surface area contributed by atoms with Crippen LogP contribution in [0.15, 0.2) is 17.1 Å². The van der Waals surface area contributed by atoms with Gasteiger partial charge in [0.1, 0.15) is 0 Å². The lowest BCUT2D eigenvalue weighted by atomic mass is 10.1. The molecule has 4 heteroatoms. The van der Waals surface area contributed by atoms with Crippen molar-refractivity contribution in [1.29, 1.82) is 0 Å². The van der Waals surface area contributed by atoms with E-state index in [0.717, 1.165) is 25.0 Å². The zero-order chi connectivity index (χ0) is 12.7. The van der Waals surface area contributed by atoms with Crippen LogP contribution in [0.25, 0.3) is 0 Å². The predicted octanol–water partition coefficient (Wildman–Crippen LogP) is 2.77. The van der Waals surface area contributed by atoms with Crippen molar-refractivity contribution in [2.24, 2.45) is 10.9 Å². The minimum absolute atomic E-state index is 0.723. The first-order valence-corrected chi connectivity index (χ1v) is 6.93. The summed E-state index contributed by atoms with van der Waals surface area (Å²) in [4.78, 5) is 6.90. The van der Waals surface area contributed by atoms with Gasteiger partial charge >= 0.3 is 0 Å². The standard InChI is InChI=1S/C13H23N3S/c1-10(2)7-8-15-13(14-4)16-9-12-6-5-11(3)17-12/h5-6,10H,7-9H2,1-4H3,(H2,14,15,16). The van der Waals surface area contributed by atoms with E-state index in [4.69, 9.17) is 0 Å². The molecule has 0 bridgehead atoms. The Kier molecular flexibility index (Phi) is 6.05. The van der Waals surface area contributed by atoms with Gasteiger partial charge in [-0.25, -0.2) is 0 Å². The normalized spacial score (nSPS) is 11.9. The van der Waals surface area contributed by atoms with Gasteiger partial charge in [-0.05, 0) is 31.4 Å². The van der Waals surface area contributed by atoms with Crippen molar-refractivity contribution in [2.75, 3.05) is 13.6 Å². The molecule has 0 aromatic carbocycles. The molecule has 0 amide bonds. The van der Waals surface area contributed by atoms with E-state index >= 15 is 0 Å². The largest absolute Gasteiger partial charge is 0.356 e. The van der Waals surface area contributed by atoms with Crippen molar-refractivity contribution in [3.63, 3.8) is 0 Å². The van der Waals surface area contributed by atoms with E-state index in [1.807, 2.05) is 18.4 Å². The summed E-state index contributed by atoms with van der Waals surface area (Å²) in [7, 11) is 1.81. The lowest BCUT2D eigenvalue weighted by molar-refractivity contribution is 0.574. The van der Waals surface area contributed by atoms with Crippen LogP contribution in [-0.4, -0.2) is 19.6 Å². The Morgan fingerprint density at radius 2 is 2.12 bits per heavy atom. The molecule has 0 unspecified atom stereocenters. The minimum atomic E-state index is 0.723. The lowest BCUT2D eigenvalue weighted by Gasteiger charge is -2.12. The van der Waals surface area contributed by atoms with Gasteiger partial charge in [0, 0.05) is 23.3 Å². The number of aryl methyl sites for hydroxylation is 1. The maximum absolute atomic E-state index is 4.21. The molecule has 0 radical (unpaired) electrons. The summed E-state index contributed by atoms with van der Waals surface area (Å²) in [5.74, 6) is 1.61. The summed E-state index contributed by atoms with van der Waals surface area (Å²) < 4.78 is 0. The smallest absolute Gasteiger partial charge is 0.191 e. The van der Waals surface area contributed by atoms with E-state index in [0.29, 0.717) is 0 Å². The highest BCUT2D eigenvalue weighted by atomic mass is 32.1. The molecular formula is C13H23N3S. The molecule has 1 aromatic heterocycles. The van der Waals surface area contributed by atoms with E-state index in [1.54, 1.807) is 0 Å². The molecule has 0 spiro atoms. The van der Waals surface area contributed by atoms with Crippen molar-refractivity contribution in [3.8, 4) is 0 Å². The molecule has 17 heavy (non-hydrogen) atoms. The van der Waals surface area contributed by atoms with Crippen LogP contribution >= 0.6 is 11.3 Å². The maximum Gasteiger partial charge on any atom is 0.191 e. The monoisotopic (exact) mass is 253 g/mol. The molecular weight excluding hydrogens is 230 g/mol. The topological polar surface area (TPSA) is 36.4 Å². The molecule has 1 heterocycles. The van der Waals surface area contributed by atoms with Gasteiger partial charge in [0.05, 0.1) is 6.54 Å². The van der Waals surface area contributed by atoms with Gasteiger partial charge in [0.15, 0.2) is 5.96 Å². The zero-order valence-corrected chi connectivity index (χ0v) is 12.0. The fourth-order valence-electron chi connectivity index (χ4n) is 1.45. The van der Waals surface area contributed by atoms with E-state index in [9.17, 15) is 0 Å². The molecule has 0 aliphatic carbocycles. The molecule has 0 aliphatic rings. The average molecular weight is 253 g/mol. The maximum atomic E-state index is 4.21. The SMILES string of the molecule is CN=C(NCCC(C)C)NCc1ccc(C)s1. The number of nitrogens with zero attached hydrogens (tertiary/aromatic N) is 1. The summed E-state index contributed by atoms with van der Waals surface area (Å²) in [6.07, 6.45) is 1.17. The Labute approximate surface area is 108 Å². The minimum Gasteiger partial charge on any atom is -0.356 e. The van der Waals surface area contributed by atoms with Crippen molar-refractivity contribution in [3.05, 3.63) is 21.9 Å². The second-order valence-corrected chi connectivity index (χ2v) is 5.92. The number of guanidine groups is 1. The van der Waals surface area contributed by atoms with Gasteiger partial charge in [-0.3, -0.25) is 4.99 Å². The summed E-state index contributed by atoms with van der Waals surface area (Å²) in [6, 6.07) is 4.31. The van der Waals surface area contributed by atoms with Crippen LogP contribution in [0.2, 0.25) is 0 Å². The van der Waals surface area contributed by atoms with Crippen LogP contribution in [0.1, 0.15) is 30.0 Å². The Balaban J connectivity index is 2.28. The molecule has 3 nitrogen and oxygen atoms in total. The first-order valence-electron chi connectivity index (χ1n) is 6.11. The van der Waals surface area contributed by atoms with Gasteiger partial charge in [0.2, 0.25) is 0 Å². The molecule has 1 aromatic rings. The lowest BCUT2D eigenvalue weighted by Crippen LogP contribution is -2.37. The van der Waals surface area contributed by atoms with Crippen LogP contribution in [-0.2, 0) is 6.54 Å². The van der Waals surface area contributed by atoms with E-state index in [1.165, 1.54) is 16.2 Å². The van der Waals surface area contributed by atoms with E-state index in [-0.39, 0.29) is 0 Å². The fraction of sp³-hybridized carbons (Fsp3) is 0.615. The van der Waals surface area contributed by atoms with Crippen LogP contribution in [0.4, 0.5) is 0 Å². The number of nitrogens with one attached hydrogen (secondary N) is 2. The number of hydrogen-bond acceptors (Lipinski definition) is 2. The average Bonchev–Trinajstić information content (AvgIpc) is 2.69. The van der Waals surface area contributed by atoms with E-state index < -0.39 is 0 Å². The highest BCUT2D eigenvalue weighted by molar-refractivity contribution is 7.11. The van der Waals surface area contributed by atoms with Crippen molar-refractivity contribution in [2.45, 2.75) is 33.7 Å². The molecule has 0 saturated carbocycles. The Morgan fingerprint density at radius 3 is 2.65 bits per heavy atom. The molecule has 0 atom stereocenters. The predicted molar refractivity (Wildman–Crippen MR) is 76.7 cm³/mol. The van der Waals surface area contributed by atoms with Gasteiger partial charge in [-0.1, -0.05) is 13.8 Å². The summed E-state index contributed by atoms with van der Waals surface area (Å²) in [5, 5.41) is 6.64. The highest BCUT2D eigenvalue weighted by Gasteiger charge is 2.00. The van der Waals surface area contributed by atoms with Crippen molar-refractivity contribution >= 4 is 17.3 Å². The second kappa shape index (κ2) is 7.33. The molecule has 96 valence electrons. The Bertz CT molecular complexity index is 355. The summed E-state index contributed by atoms with van der Waals surface area (Å²) >= 11 is 1.82. The van der Waals surface area contributed by atoms with E-state index in [2.05, 4.69) is 48.5 Å². The number of rotatable bonds is 5. The van der Waals surface area contributed by atoms with Gasteiger partial charge in [-0.15, -0.1) is 11.3 Å². The molecule has 0 fully saturated rings. The van der Waals surface area contributed by atoms with Crippen molar-refractivity contribution in [1.82, 2.24) is 10.6 Å². The highest BCUT2D eigenvalue weighted by Crippen LogP contribution is 2.14. The summed E-state index contributed by atoms with van der Waals surface area (Å²) in [6.45, 7) is 8.41. The van der Waals surface area contributed by atoms with Crippen molar-refractivity contribution < 1.29 is 0 Å². The Hall–Kier alpha value is -1.03. The van der Waals surface area contributed by atoms with Crippen LogP contribution in [0.3, 0.4) is 0 Å². The molecule has 2 N–H and O–H groups in total. The number of thiophene rings is 1. The van der Waals surface area contributed by atoms with Crippen LogP contribution in [0.5, 0.6) is 0 Å². The second-order valence-electron chi connectivity index (χ2n) is 4.55. The third kappa shape index (κ3) is 5.73. The summed E-state index contributed by atoms with van der Waals surface area (Å²) in [5.41, 5.74) is 0. The van der Waals surface area contributed by atoms with Gasteiger partial charge in [0.25, 0.3) is 0 Å². The molecule has 1 rings (SSSR count). The number of aliphatic imine (C=N–C) groups is 1. The van der Waals surface area contributed by atoms with Crippen LogP contribution < -0.4 is 10.6 Å². The molecule has 0 aliphatic heterocycles. The Morgan fingerprint density at radius 1 is 1.35 bits per heavy atom. The van der Waals surface area contributed by atoms with Crippen LogP contribution in [0, 0.1) is 12.8 Å². The third-order valence-corrected chi connectivity index (χ3v) is 3.46. The van der Waals surface area contributed by atoms with Gasteiger partial charge in [-0.2, -0.15) is 0 Å². The quantitative estimate of drug-likeness (QED) is 0.625. The van der Waals surface area contributed by atoms with Gasteiger partial charge < -0.3 is 10.6 Å².